The number of aromatic nitrogens is 1. The summed E-state index contributed by atoms with van der Waals surface area (Å²) in [5.41, 5.74) is -0.643. The highest BCUT2D eigenvalue weighted by molar-refractivity contribution is 9.10. The van der Waals surface area contributed by atoms with E-state index in [4.69, 9.17) is 4.74 Å². The lowest BCUT2D eigenvalue weighted by atomic mass is 9.78. The predicted molar refractivity (Wildman–Crippen MR) is 94.3 cm³/mol. The zero-order valence-corrected chi connectivity index (χ0v) is 15.3. The molecule has 9 heteroatoms. The van der Waals surface area contributed by atoms with E-state index < -0.39 is 5.41 Å². The zero-order valence-electron chi connectivity index (χ0n) is 12.1. The molecule has 3 N–H and O–H groups in total. The van der Waals surface area contributed by atoms with Crippen molar-refractivity contribution in [2.24, 2.45) is 5.41 Å². The third-order valence-electron chi connectivity index (χ3n) is 3.58. The molecule has 1 aromatic heterocycles. The molecule has 22 heavy (non-hydrogen) atoms. The maximum absolute atomic E-state index is 12.6. The summed E-state index contributed by atoms with van der Waals surface area (Å²) in [7, 11) is 1.59. The van der Waals surface area contributed by atoms with Gasteiger partial charge in [0.2, 0.25) is 5.91 Å². The summed E-state index contributed by atoms with van der Waals surface area (Å²) in [6.45, 7) is 1.89. The third kappa shape index (κ3) is 4.96. The Bertz CT molecular complexity index is 542. The lowest BCUT2D eigenvalue weighted by Crippen LogP contribution is -2.48. The van der Waals surface area contributed by atoms with Crippen molar-refractivity contribution in [1.82, 2.24) is 10.3 Å². The number of piperidine rings is 1. The summed E-state index contributed by atoms with van der Waals surface area (Å²) < 4.78 is 5.92. The summed E-state index contributed by atoms with van der Waals surface area (Å²) in [4.78, 5) is 26.8. The lowest BCUT2D eigenvalue weighted by molar-refractivity contribution is -0.130. The Morgan fingerprint density at radius 3 is 2.64 bits per heavy atom. The second kappa shape index (κ2) is 9.52. The SMILES string of the molecule is COCC1(C(=O)Nc2cc(Br)c[nH]c2=O)CCNCC1.Cl.Cl. The largest absolute Gasteiger partial charge is 0.384 e. The quantitative estimate of drug-likeness (QED) is 0.700. The van der Waals surface area contributed by atoms with E-state index in [1.54, 1.807) is 13.2 Å². The molecule has 0 bridgehead atoms. The number of methoxy groups -OCH3 is 1. The molecule has 2 heterocycles. The van der Waals surface area contributed by atoms with Crippen LogP contribution in [0.3, 0.4) is 0 Å². The molecule has 1 aliphatic rings. The van der Waals surface area contributed by atoms with Crippen LogP contribution in [0.25, 0.3) is 0 Å². The minimum absolute atomic E-state index is 0. The van der Waals surface area contributed by atoms with E-state index in [2.05, 4.69) is 31.5 Å². The summed E-state index contributed by atoms with van der Waals surface area (Å²) in [6, 6.07) is 1.60. The Kier molecular flexibility index (Phi) is 9.26. The highest BCUT2D eigenvalue weighted by Gasteiger charge is 2.39. The monoisotopic (exact) mass is 415 g/mol. The van der Waals surface area contributed by atoms with Crippen LogP contribution in [0.2, 0.25) is 0 Å². The average Bonchev–Trinajstić information content (AvgIpc) is 2.44. The van der Waals surface area contributed by atoms with Gasteiger partial charge in [-0.05, 0) is 47.9 Å². The number of carbonyl (C=O) groups excluding carboxylic acids is 1. The molecule has 0 aliphatic carbocycles. The van der Waals surface area contributed by atoms with Gasteiger partial charge in [-0.2, -0.15) is 0 Å². The number of H-pyrrole nitrogens is 1. The van der Waals surface area contributed by atoms with Gasteiger partial charge >= 0.3 is 0 Å². The number of hydrogen-bond acceptors (Lipinski definition) is 4. The van der Waals surface area contributed by atoms with Gasteiger partial charge in [0, 0.05) is 17.8 Å². The standard InChI is InChI=1S/C13H18BrN3O3.2ClH/c1-20-8-13(2-4-15-5-3-13)12(19)17-10-6-9(14)7-16-11(10)18;;/h6-7,15H,2-5,8H2,1H3,(H,16,18)(H,17,19);2*1H. The topological polar surface area (TPSA) is 83.2 Å². The van der Waals surface area contributed by atoms with E-state index in [0.717, 1.165) is 13.1 Å². The fourth-order valence-corrected chi connectivity index (χ4v) is 2.77. The first-order valence-corrected chi connectivity index (χ1v) is 7.26. The fourth-order valence-electron chi connectivity index (χ4n) is 2.42. The van der Waals surface area contributed by atoms with Gasteiger partial charge in [0.05, 0.1) is 12.0 Å². The predicted octanol–water partition coefficient (Wildman–Crippen LogP) is 1.94. The molecular formula is C13H20BrCl2N3O3. The van der Waals surface area contributed by atoms with Crippen molar-refractivity contribution in [1.29, 1.82) is 0 Å². The van der Waals surface area contributed by atoms with Crippen LogP contribution in [-0.2, 0) is 9.53 Å². The number of carbonyl (C=O) groups is 1. The number of rotatable bonds is 4. The Morgan fingerprint density at radius 2 is 2.05 bits per heavy atom. The van der Waals surface area contributed by atoms with Crippen LogP contribution in [0.4, 0.5) is 5.69 Å². The maximum atomic E-state index is 12.6. The summed E-state index contributed by atoms with van der Waals surface area (Å²) in [5, 5.41) is 5.95. The van der Waals surface area contributed by atoms with Gasteiger partial charge in [-0.25, -0.2) is 0 Å². The van der Waals surface area contributed by atoms with Crippen molar-refractivity contribution in [2.75, 3.05) is 32.1 Å². The van der Waals surface area contributed by atoms with E-state index in [9.17, 15) is 9.59 Å². The number of hydrogen-bond donors (Lipinski definition) is 3. The average molecular weight is 417 g/mol. The molecule has 1 saturated heterocycles. The molecular weight excluding hydrogens is 397 g/mol. The van der Waals surface area contributed by atoms with Crippen molar-refractivity contribution in [3.05, 3.63) is 27.1 Å². The van der Waals surface area contributed by atoms with Gasteiger partial charge in [0.1, 0.15) is 5.69 Å². The Labute approximate surface area is 149 Å². The van der Waals surface area contributed by atoms with Crippen LogP contribution in [0.15, 0.2) is 21.5 Å². The van der Waals surface area contributed by atoms with E-state index in [0.29, 0.717) is 23.9 Å². The minimum Gasteiger partial charge on any atom is -0.384 e. The van der Waals surface area contributed by atoms with Crippen molar-refractivity contribution < 1.29 is 9.53 Å². The lowest BCUT2D eigenvalue weighted by Gasteiger charge is -2.35. The molecule has 1 aromatic rings. The zero-order chi connectivity index (χ0) is 14.6. The van der Waals surface area contributed by atoms with Crippen LogP contribution < -0.4 is 16.2 Å². The fraction of sp³-hybridized carbons (Fsp3) is 0.538. The number of nitrogens with one attached hydrogen (secondary N) is 3. The van der Waals surface area contributed by atoms with Gasteiger partial charge in [-0.3, -0.25) is 9.59 Å². The number of halogens is 3. The second-order valence-corrected chi connectivity index (χ2v) is 5.89. The Balaban J connectivity index is 0.00000220. The highest BCUT2D eigenvalue weighted by atomic mass is 79.9. The minimum atomic E-state index is -0.575. The molecule has 1 amide bonds. The number of pyridine rings is 1. The molecule has 0 aromatic carbocycles. The summed E-state index contributed by atoms with van der Waals surface area (Å²) >= 11 is 3.27. The maximum Gasteiger partial charge on any atom is 0.271 e. The molecule has 0 atom stereocenters. The van der Waals surface area contributed by atoms with E-state index in [1.165, 1.54) is 6.20 Å². The van der Waals surface area contributed by atoms with Gasteiger partial charge in [0.25, 0.3) is 5.56 Å². The van der Waals surface area contributed by atoms with Crippen LogP contribution in [0, 0.1) is 5.41 Å². The summed E-state index contributed by atoms with van der Waals surface area (Å²) in [5.74, 6) is -0.163. The molecule has 6 nitrogen and oxygen atoms in total. The van der Waals surface area contributed by atoms with Gasteiger partial charge in [0.15, 0.2) is 0 Å². The van der Waals surface area contributed by atoms with E-state index in [-0.39, 0.29) is 42.0 Å². The van der Waals surface area contributed by atoms with Crippen LogP contribution in [0.1, 0.15) is 12.8 Å². The second-order valence-electron chi connectivity index (χ2n) is 4.98. The normalized spacial score (nSPS) is 16.1. The molecule has 126 valence electrons. The number of aromatic amines is 1. The van der Waals surface area contributed by atoms with Crippen LogP contribution >= 0.6 is 40.7 Å². The van der Waals surface area contributed by atoms with Crippen molar-refractivity contribution >= 4 is 52.3 Å². The Morgan fingerprint density at radius 1 is 1.41 bits per heavy atom. The van der Waals surface area contributed by atoms with E-state index in [1.807, 2.05) is 0 Å². The first-order chi connectivity index (χ1) is 9.57. The van der Waals surface area contributed by atoms with E-state index >= 15 is 0 Å². The smallest absolute Gasteiger partial charge is 0.271 e. The molecule has 0 spiro atoms. The van der Waals surface area contributed by atoms with Crippen molar-refractivity contribution in [2.45, 2.75) is 12.8 Å². The van der Waals surface area contributed by atoms with Crippen LogP contribution in [-0.4, -0.2) is 37.7 Å². The van der Waals surface area contributed by atoms with Gasteiger partial charge in [-0.1, -0.05) is 0 Å². The van der Waals surface area contributed by atoms with Crippen molar-refractivity contribution in [3.63, 3.8) is 0 Å². The molecule has 0 radical (unpaired) electrons. The number of ether oxygens (including phenoxy) is 1. The van der Waals surface area contributed by atoms with Crippen LogP contribution in [0.5, 0.6) is 0 Å². The summed E-state index contributed by atoms with van der Waals surface area (Å²) in [6.07, 6.45) is 2.92. The molecule has 1 fully saturated rings. The van der Waals surface area contributed by atoms with Crippen molar-refractivity contribution in [3.8, 4) is 0 Å². The number of anilines is 1. The molecule has 0 saturated carbocycles. The Hall–Kier alpha value is -0.600. The molecule has 1 aliphatic heterocycles. The van der Waals surface area contributed by atoms with Gasteiger partial charge in [-0.15, -0.1) is 24.8 Å². The first-order valence-electron chi connectivity index (χ1n) is 6.47. The number of amides is 1. The molecule has 0 unspecified atom stereocenters. The first kappa shape index (κ1) is 21.4. The van der Waals surface area contributed by atoms with Gasteiger partial charge < -0.3 is 20.4 Å². The highest BCUT2D eigenvalue weighted by Crippen LogP contribution is 2.30. The molecule has 2 rings (SSSR count). The third-order valence-corrected chi connectivity index (χ3v) is 4.04.